The van der Waals surface area contributed by atoms with Gasteiger partial charge in [0.05, 0.1) is 11.1 Å². The summed E-state index contributed by atoms with van der Waals surface area (Å²) in [4.78, 5) is 38.9. The Morgan fingerprint density at radius 2 is 1.59 bits per heavy atom. The number of imide groups is 1. The molecule has 0 saturated heterocycles. The number of urea groups is 1. The Morgan fingerprint density at radius 1 is 1.05 bits per heavy atom. The lowest BCUT2D eigenvalue weighted by Crippen LogP contribution is -2.43. The Bertz CT molecular complexity index is 551. The van der Waals surface area contributed by atoms with Gasteiger partial charge in [-0.25, -0.2) is 4.79 Å². The van der Waals surface area contributed by atoms with Crippen molar-refractivity contribution >= 4 is 17.8 Å². The van der Waals surface area contributed by atoms with Gasteiger partial charge in [-0.2, -0.15) is 0 Å². The number of amides is 4. The van der Waals surface area contributed by atoms with Gasteiger partial charge in [-0.1, -0.05) is 12.1 Å². The molecule has 1 heterocycles. The van der Waals surface area contributed by atoms with Gasteiger partial charge in [0, 0.05) is 26.2 Å². The predicted octanol–water partition coefficient (Wildman–Crippen LogP) is 0.143. The average molecular weight is 304 g/mol. The average Bonchev–Trinajstić information content (AvgIpc) is 2.72. The van der Waals surface area contributed by atoms with E-state index in [2.05, 4.69) is 10.6 Å². The van der Waals surface area contributed by atoms with Gasteiger partial charge in [0.25, 0.3) is 11.8 Å². The summed E-state index contributed by atoms with van der Waals surface area (Å²) < 4.78 is 0. The smallest absolute Gasteiger partial charge is 0.314 e. The number of fused-ring (bicyclic) bond motifs is 1. The molecule has 0 aliphatic carbocycles. The van der Waals surface area contributed by atoms with Gasteiger partial charge in [0.2, 0.25) is 0 Å². The van der Waals surface area contributed by atoms with Crippen LogP contribution in [0.4, 0.5) is 4.79 Å². The molecule has 7 heteroatoms. The van der Waals surface area contributed by atoms with Crippen LogP contribution in [0.2, 0.25) is 0 Å². The van der Waals surface area contributed by atoms with Gasteiger partial charge < -0.3 is 15.5 Å². The molecule has 1 aliphatic rings. The molecule has 2 N–H and O–H groups in total. The minimum atomic E-state index is -0.310. The summed E-state index contributed by atoms with van der Waals surface area (Å²) >= 11 is 0. The Kier molecular flexibility index (Phi) is 5.11. The van der Waals surface area contributed by atoms with Gasteiger partial charge in [-0.05, 0) is 26.2 Å². The Hall–Kier alpha value is -2.41. The van der Waals surface area contributed by atoms with Crippen LogP contribution >= 0.6 is 0 Å². The molecule has 0 unspecified atom stereocenters. The summed E-state index contributed by atoms with van der Waals surface area (Å²) in [7, 11) is 3.84. The van der Waals surface area contributed by atoms with Crippen molar-refractivity contribution in [3.8, 4) is 0 Å². The number of benzene rings is 1. The minimum Gasteiger partial charge on any atom is -0.337 e. The predicted molar refractivity (Wildman–Crippen MR) is 81.8 cm³/mol. The summed E-state index contributed by atoms with van der Waals surface area (Å²) in [6, 6.07) is 6.42. The Morgan fingerprint density at radius 3 is 2.14 bits per heavy atom. The molecule has 4 amide bonds. The second-order valence-corrected chi connectivity index (χ2v) is 5.29. The number of carbonyl (C=O) groups is 3. The number of likely N-dealkylation sites (N-methyl/N-ethyl adjacent to an activating group) is 1. The molecule has 1 aromatic carbocycles. The van der Waals surface area contributed by atoms with Gasteiger partial charge >= 0.3 is 6.03 Å². The largest absolute Gasteiger partial charge is 0.337 e. The van der Waals surface area contributed by atoms with Crippen molar-refractivity contribution in [2.45, 2.75) is 0 Å². The second kappa shape index (κ2) is 7.04. The zero-order valence-electron chi connectivity index (χ0n) is 12.8. The van der Waals surface area contributed by atoms with E-state index in [9.17, 15) is 14.4 Å². The summed E-state index contributed by atoms with van der Waals surface area (Å²) in [5.74, 6) is -0.620. The van der Waals surface area contributed by atoms with E-state index in [1.54, 1.807) is 24.3 Å². The molecule has 118 valence electrons. The molecular formula is C15H20N4O3. The number of hydrogen-bond donors (Lipinski definition) is 2. The van der Waals surface area contributed by atoms with E-state index in [0.717, 1.165) is 11.4 Å². The Labute approximate surface area is 129 Å². The molecule has 0 saturated carbocycles. The van der Waals surface area contributed by atoms with Crippen molar-refractivity contribution in [2.75, 3.05) is 40.3 Å². The topological polar surface area (TPSA) is 81.8 Å². The van der Waals surface area contributed by atoms with Gasteiger partial charge in [0.15, 0.2) is 0 Å². The lowest BCUT2D eigenvalue weighted by atomic mass is 10.1. The van der Waals surface area contributed by atoms with Gasteiger partial charge in [-0.15, -0.1) is 0 Å². The van der Waals surface area contributed by atoms with E-state index in [-0.39, 0.29) is 30.9 Å². The molecule has 0 fully saturated rings. The first-order valence-corrected chi connectivity index (χ1v) is 7.12. The maximum absolute atomic E-state index is 12.1. The molecule has 2 rings (SSSR count). The van der Waals surface area contributed by atoms with E-state index in [1.165, 1.54) is 0 Å². The third-order valence-corrected chi connectivity index (χ3v) is 3.34. The highest BCUT2D eigenvalue weighted by Gasteiger charge is 2.34. The van der Waals surface area contributed by atoms with E-state index < -0.39 is 0 Å². The summed E-state index contributed by atoms with van der Waals surface area (Å²) in [6.07, 6.45) is 0. The highest BCUT2D eigenvalue weighted by Crippen LogP contribution is 2.21. The first-order chi connectivity index (χ1) is 10.5. The quantitative estimate of drug-likeness (QED) is 0.733. The SMILES string of the molecule is CN(C)CCNC(=O)NCCN1C(=O)c2ccccc2C1=O. The zero-order chi connectivity index (χ0) is 16.1. The second-order valence-electron chi connectivity index (χ2n) is 5.29. The first-order valence-electron chi connectivity index (χ1n) is 7.12. The summed E-state index contributed by atoms with van der Waals surface area (Å²) in [6.45, 7) is 1.66. The molecule has 0 bridgehead atoms. The normalized spacial score (nSPS) is 13.5. The molecule has 0 atom stereocenters. The number of carbonyl (C=O) groups excluding carboxylic acids is 3. The van der Waals surface area contributed by atoms with Crippen LogP contribution in [0.3, 0.4) is 0 Å². The van der Waals surface area contributed by atoms with Crippen molar-refractivity contribution in [1.82, 2.24) is 20.4 Å². The summed E-state index contributed by atoms with van der Waals surface area (Å²) in [5.41, 5.74) is 0.839. The van der Waals surface area contributed by atoms with Crippen LogP contribution in [0, 0.1) is 0 Å². The van der Waals surface area contributed by atoms with Crippen LogP contribution in [0.25, 0.3) is 0 Å². The van der Waals surface area contributed by atoms with E-state index in [0.29, 0.717) is 17.7 Å². The van der Waals surface area contributed by atoms with Crippen molar-refractivity contribution in [3.63, 3.8) is 0 Å². The fourth-order valence-corrected chi connectivity index (χ4v) is 2.18. The number of hydrogen-bond acceptors (Lipinski definition) is 4. The minimum absolute atomic E-state index is 0.160. The third-order valence-electron chi connectivity index (χ3n) is 3.34. The summed E-state index contributed by atoms with van der Waals surface area (Å²) in [5, 5.41) is 5.34. The number of nitrogens with one attached hydrogen (secondary N) is 2. The van der Waals surface area contributed by atoms with Crippen LogP contribution in [-0.2, 0) is 0 Å². The van der Waals surface area contributed by atoms with E-state index in [1.807, 2.05) is 19.0 Å². The van der Waals surface area contributed by atoms with Crippen molar-refractivity contribution in [1.29, 1.82) is 0 Å². The lowest BCUT2D eigenvalue weighted by molar-refractivity contribution is 0.0656. The molecule has 1 aliphatic heterocycles. The van der Waals surface area contributed by atoms with Crippen molar-refractivity contribution in [2.24, 2.45) is 0 Å². The van der Waals surface area contributed by atoms with Crippen molar-refractivity contribution in [3.05, 3.63) is 35.4 Å². The number of nitrogens with zero attached hydrogens (tertiary/aromatic N) is 2. The third kappa shape index (κ3) is 3.62. The molecule has 7 nitrogen and oxygen atoms in total. The Balaban J connectivity index is 1.78. The standard InChI is InChI=1S/C15H20N4O3/c1-18(2)9-7-16-15(22)17-8-10-19-13(20)11-5-3-4-6-12(11)14(19)21/h3-6H,7-10H2,1-2H3,(H2,16,17,22). The van der Waals surface area contributed by atoms with Crippen LogP contribution in [-0.4, -0.2) is 67.9 Å². The van der Waals surface area contributed by atoms with E-state index >= 15 is 0 Å². The lowest BCUT2D eigenvalue weighted by Gasteiger charge is -2.15. The molecule has 0 spiro atoms. The van der Waals surface area contributed by atoms with Crippen LogP contribution in [0.15, 0.2) is 24.3 Å². The molecule has 1 aromatic rings. The fourth-order valence-electron chi connectivity index (χ4n) is 2.18. The number of rotatable bonds is 6. The van der Waals surface area contributed by atoms with Crippen LogP contribution < -0.4 is 10.6 Å². The highest BCUT2D eigenvalue weighted by atomic mass is 16.2. The van der Waals surface area contributed by atoms with Crippen LogP contribution in [0.1, 0.15) is 20.7 Å². The zero-order valence-corrected chi connectivity index (χ0v) is 12.8. The van der Waals surface area contributed by atoms with E-state index in [4.69, 9.17) is 0 Å². The maximum atomic E-state index is 12.1. The molecule has 0 radical (unpaired) electrons. The monoisotopic (exact) mass is 304 g/mol. The van der Waals surface area contributed by atoms with Crippen LogP contribution in [0.5, 0.6) is 0 Å². The van der Waals surface area contributed by atoms with Crippen molar-refractivity contribution < 1.29 is 14.4 Å². The highest BCUT2D eigenvalue weighted by molar-refractivity contribution is 6.21. The fraction of sp³-hybridized carbons (Fsp3) is 0.400. The van der Waals surface area contributed by atoms with Gasteiger partial charge in [-0.3, -0.25) is 14.5 Å². The molecular weight excluding hydrogens is 284 g/mol. The molecule has 0 aromatic heterocycles. The first kappa shape index (κ1) is 16.0. The maximum Gasteiger partial charge on any atom is 0.314 e. The molecule has 22 heavy (non-hydrogen) atoms. The van der Waals surface area contributed by atoms with Gasteiger partial charge in [0.1, 0.15) is 0 Å².